The highest BCUT2D eigenvalue weighted by molar-refractivity contribution is 6.42. The van der Waals surface area contributed by atoms with Gasteiger partial charge in [0.1, 0.15) is 11.7 Å². The Hall–Kier alpha value is -2.06. The maximum Gasteiger partial charge on any atom is 0.128 e. The fraction of sp³-hybridized carbons (Fsp3) is 0.478. The maximum absolute atomic E-state index is 6.29. The number of fused-ring (bicyclic) bond motifs is 1. The van der Waals surface area contributed by atoms with Crippen LogP contribution in [0.2, 0.25) is 10.0 Å². The molecule has 2 fully saturated rings. The number of anilines is 2. The van der Waals surface area contributed by atoms with Gasteiger partial charge in [0.25, 0.3) is 0 Å². The van der Waals surface area contributed by atoms with Gasteiger partial charge in [-0.1, -0.05) is 23.2 Å². The summed E-state index contributed by atoms with van der Waals surface area (Å²) in [5.41, 5.74) is 2.69. The number of morpholine rings is 1. The van der Waals surface area contributed by atoms with Crippen LogP contribution in [0.4, 0.5) is 17.2 Å². The molecule has 2 N–H and O–H groups in total. The molecule has 1 aromatic heterocycles. The Morgan fingerprint density at radius 1 is 1.09 bits per heavy atom. The van der Waals surface area contributed by atoms with E-state index in [9.17, 15) is 0 Å². The van der Waals surface area contributed by atoms with Crippen molar-refractivity contribution < 1.29 is 4.74 Å². The van der Waals surface area contributed by atoms with Crippen LogP contribution >= 0.6 is 23.2 Å². The van der Waals surface area contributed by atoms with Crippen molar-refractivity contribution in [2.45, 2.75) is 24.9 Å². The number of nitrogens with one attached hydrogen (secondary N) is 2. The summed E-state index contributed by atoms with van der Waals surface area (Å²) in [7, 11) is 2.16. The number of aliphatic imine (C=N–C) groups is 1. The zero-order chi connectivity index (χ0) is 22.1. The number of pyridine rings is 1. The molecule has 32 heavy (non-hydrogen) atoms. The molecule has 0 unspecified atom stereocenters. The van der Waals surface area contributed by atoms with Gasteiger partial charge in [-0.2, -0.15) is 0 Å². The van der Waals surface area contributed by atoms with Crippen LogP contribution in [0.3, 0.4) is 0 Å². The first-order chi connectivity index (χ1) is 15.5. The summed E-state index contributed by atoms with van der Waals surface area (Å²) in [5, 5.41) is 8.45. The first-order valence-corrected chi connectivity index (χ1v) is 11.8. The standard InChI is InChI=1S/C23H28Cl2N6O/c1-30-6-3-23(4-7-30)22(28-19-13-17(24)18(25)14-20(19)29-23)27-15-16-2-5-26-21(12-16)31-8-10-32-11-9-31/h2,5,12-14,29H,3-4,6-11,15H2,1H3,(H,27,28). The summed E-state index contributed by atoms with van der Waals surface area (Å²) in [5.74, 6) is 1.96. The number of ether oxygens (including phenoxy) is 1. The van der Waals surface area contributed by atoms with Crippen LogP contribution in [-0.4, -0.2) is 67.7 Å². The predicted molar refractivity (Wildman–Crippen MR) is 131 cm³/mol. The fourth-order valence-corrected chi connectivity index (χ4v) is 4.89. The zero-order valence-corrected chi connectivity index (χ0v) is 19.7. The highest BCUT2D eigenvalue weighted by Gasteiger charge is 2.41. The summed E-state index contributed by atoms with van der Waals surface area (Å²) < 4.78 is 5.47. The molecule has 0 radical (unpaired) electrons. The molecule has 1 aromatic carbocycles. The molecular formula is C23H28Cl2N6O. The van der Waals surface area contributed by atoms with Crippen molar-refractivity contribution in [2.75, 3.05) is 56.7 Å². The Balaban J connectivity index is 1.40. The molecule has 0 atom stereocenters. The van der Waals surface area contributed by atoms with Gasteiger partial charge in [0, 0.05) is 38.9 Å². The van der Waals surface area contributed by atoms with Crippen molar-refractivity contribution in [3.05, 3.63) is 46.1 Å². The Bertz CT molecular complexity index is 1020. The molecule has 2 saturated heterocycles. The lowest BCUT2D eigenvalue weighted by Crippen LogP contribution is -2.58. The second-order valence-electron chi connectivity index (χ2n) is 8.73. The van der Waals surface area contributed by atoms with Gasteiger partial charge in [0.2, 0.25) is 0 Å². The second-order valence-corrected chi connectivity index (χ2v) is 9.54. The molecule has 9 heteroatoms. The van der Waals surface area contributed by atoms with Crippen molar-refractivity contribution >= 4 is 46.2 Å². The fourth-order valence-electron chi connectivity index (χ4n) is 4.57. The molecule has 1 spiro atoms. The van der Waals surface area contributed by atoms with Gasteiger partial charge in [-0.05, 0) is 49.7 Å². The van der Waals surface area contributed by atoms with Gasteiger partial charge >= 0.3 is 0 Å². The molecule has 7 nitrogen and oxygen atoms in total. The molecule has 0 aliphatic carbocycles. The van der Waals surface area contributed by atoms with Crippen molar-refractivity contribution in [2.24, 2.45) is 4.99 Å². The Labute approximate surface area is 198 Å². The average molecular weight is 475 g/mol. The van der Waals surface area contributed by atoms with Crippen LogP contribution in [-0.2, 0) is 11.3 Å². The number of hydrogen-bond donors (Lipinski definition) is 2. The molecule has 2 aromatic rings. The molecule has 170 valence electrons. The molecule has 0 saturated carbocycles. The predicted octanol–water partition coefficient (Wildman–Crippen LogP) is 3.93. The SMILES string of the molecule is CN1CCC2(CC1)Nc1cc(Cl)c(Cl)cc1N=C2NCc1ccnc(N2CCOCC2)c1. The molecule has 0 amide bonds. The van der Waals surface area contributed by atoms with Gasteiger partial charge < -0.3 is 25.2 Å². The number of benzene rings is 1. The van der Waals surface area contributed by atoms with Crippen molar-refractivity contribution in [1.29, 1.82) is 0 Å². The van der Waals surface area contributed by atoms with E-state index in [1.165, 1.54) is 5.56 Å². The van der Waals surface area contributed by atoms with Gasteiger partial charge in [-0.3, -0.25) is 0 Å². The van der Waals surface area contributed by atoms with Crippen LogP contribution in [0, 0.1) is 0 Å². The van der Waals surface area contributed by atoms with Crippen LogP contribution in [0.1, 0.15) is 18.4 Å². The van der Waals surface area contributed by atoms with Crippen molar-refractivity contribution in [3.8, 4) is 0 Å². The number of likely N-dealkylation sites (tertiary alicyclic amines) is 1. The number of rotatable bonds is 3. The molecule has 5 rings (SSSR count). The van der Waals surface area contributed by atoms with Crippen molar-refractivity contribution in [1.82, 2.24) is 15.2 Å². The van der Waals surface area contributed by atoms with Crippen LogP contribution in [0.25, 0.3) is 0 Å². The van der Waals surface area contributed by atoms with E-state index >= 15 is 0 Å². The van der Waals surface area contributed by atoms with E-state index in [4.69, 9.17) is 32.9 Å². The highest BCUT2D eigenvalue weighted by atomic mass is 35.5. The third-order valence-corrected chi connectivity index (χ3v) is 7.27. The topological polar surface area (TPSA) is 65.0 Å². The van der Waals surface area contributed by atoms with E-state index in [0.717, 1.165) is 75.3 Å². The quantitative estimate of drug-likeness (QED) is 0.702. The lowest BCUT2D eigenvalue weighted by atomic mass is 9.84. The van der Waals surface area contributed by atoms with Gasteiger partial charge in [-0.25, -0.2) is 9.98 Å². The summed E-state index contributed by atoms with van der Waals surface area (Å²) in [6.07, 6.45) is 3.81. The number of aromatic nitrogens is 1. The molecule has 4 heterocycles. The largest absolute Gasteiger partial charge is 0.378 e. The minimum Gasteiger partial charge on any atom is -0.378 e. The number of halogens is 2. The number of amidine groups is 1. The Kier molecular flexibility index (Phi) is 6.16. The van der Waals surface area contributed by atoms with E-state index in [1.807, 2.05) is 18.3 Å². The monoisotopic (exact) mass is 474 g/mol. The summed E-state index contributed by atoms with van der Waals surface area (Å²) in [4.78, 5) is 14.2. The van der Waals surface area contributed by atoms with Gasteiger partial charge in [0.05, 0.1) is 40.2 Å². The minimum atomic E-state index is -0.239. The summed E-state index contributed by atoms with van der Waals surface area (Å²) in [6, 6.07) is 7.93. The van der Waals surface area contributed by atoms with Gasteiger partial charge in [-0.15, -0.1) is 0 Å². The van der Waals surface area contributed by atoms with Crippen LogP contribution in [0.15, 0.2) is 35.5 Å². The smallest absolute Gasteiger partial charge is 0.128 e. The number of hydrogen-bond acceptors (Lipinski definition) is 7. The Morgan fingerprint density at radius 2 is 1.84 bits per heavy atom. The van der Waals surface area contributed by atoms with E-state index in [2.05, 4.69) is 44.6 Å². The van der Waals surface area contributed by atoms with Gasteiger partial charge in [0.15, 0.2) is 0 Å². The average Bonchev–Trinajstić information content (AvgIpc) is 2.82. The first-order valence-electron chi connectivity index (χ1n) is 11.1. The lowest BCUT2D eigenvalue weighted by molar-refractivity contribution is 0.122. The van der Waals surface area contributed by atoms with E-state index in [0.29, 0.717) is 16.6 Å². The minimum absolute atomic E-state index is 0.239. The third-order valence-electron chi connectivity index (χ3n) is 6.54. The van der Waals surface area contributed by atoms with Crippen LogP contribution in [0.5, 0.6) is 0 Å². The molecular weight excluding hydrogens is 447 g/mol. The second kappa shape index (κ2) is 9.06. The molecule has 3 aliphatic heterocycles. The van der Waals surface area contributed by atoms with E-state index < -0.39 is 0 Å². The normalized spacial score (nSPS) is 20.5. The number of nitrogens with zero attached hydrogens (tertiary/aromatic N) is 4. The van der Waals surface area contributed by atoms with Crippen molar-refractivity contribution in [3.63, 3.8) is 0 Å². The molecule has 0 bridgehead atoms. The zero-order valence-electron chi connectivity index (χ0n) is 18.2. The maximum atomic E-state index is 6.29. The number of piperidine rings is 1. The lowest BCUT2D eigenvalue weighted by Gasteiger charge is -2.45. The summed E-state index contributed by atoms with van der Waals surface area (Å²) >= 11 is 12.6. The Morgan fingerprint density at radius 3 is 2.62 bits per heavy atom. The van der Waals surface area contributed by atoms with E-state index in [1.54, 1.807) is 0 Å². The van der Waals surface area contributed by atoms with E-state index in [-0.39, 0.29) is 5.54 Å². The molecule has 3 aliphatic rings. The van der Waals surface area contributed by atoms with Crippen LogP contribution < -0.4 is 15.5 Å². The third kappa shape index (κ3) is 4.39. The first kappa shape index (κ1) is 21.8. The summed E-state index contributed by atoms with van der Waals surface area (Å²) in [6.45, 7) is 5.91. The highest BCUT2D eigenvalue weighted by Crippen LogP contribution is 2.41.